The van der Waals surface area contributed by atoms with Gasteiger partial charge in [0.15, 0.2) is 11.4 Å². The fraction of sp³-hybridized carbons (Fsp3) is 0.588. The van der Waals surface area contributed by atoms with E-state index in [9.17, 15) is 71.9 Å². The van der Waals surface area contributed by atoms with Gasteiger partial charge in [0.1, 0.15) is 0 Å². The summed E-state index contributed by atoms with van der Waals surface area (Å²) >= 11 is 1.88. The van der Waals surface area contributed by atoms with Crippen LogP contribution in [0.2, 0.25) is 0 Å². The Bertz CT molecular complexity index is 1580. The van der Waals surface area contributed by atoms with Crippen LogP contribution in [-0.4, -0.2) is 71.2 Å². The monoisotopic (exact) mass is 1090 g/mol. The third-order valence-corrected chi connectivity index (χ3v) is 8.00. The second-order valence-corrected chi connectivity index (χ2v) is 11.5. The molecule has 0 amide bonds. The van der Waals surface area contributed by atoms with Crippen molar-refractivity contribution in [2.24, 2.45) is 23.7 Å². The van der Waals surface area contributed by atoms with Crippen LogP contribution in [0, 0.1) is 23.7 Å². The molecule has 2 saturated carbocycles. The fourth-order valence-electron chi connectivity index (χ4n) is 5.47. The molecule has 2 N–H and O–H groups in total. The molecule has 10 nitrogen and oxygen atoms in total. The first kappa shape index (κ1) is 56.9. The molecule has 2 heterocycles. The normalized spacial score (nSPS) is 19.3. The van der Waals surface area contributed by atoms with E-state index in [4.69, 9.17) is 10.8 Å². The Labute approximate surface area is 349 Å². The summed E-state index contributed by atoms with van der Waals surface area (Å²) in [5.41, 5.74) is -4.02. The van der Waals surface area contributed by atoms with Crippen LogP contribution in [0.1, 0.15) is 98.3 Å². The first-order valence-corrected chi connectivity index (χ1v) is 22.0. The van der Waals surface area contributed by atoms with E-state index in [1.165, 1.54) is 0 Å². The molecule has 2 aliphatic carbocycles. The van der Waals surface area contributed by atoms with Gasteiger partial charge in [-0.3, -0.25) is 9.59 Å². The zero-order chi connectivity index (χ0) is 44.4. The van der Waals surface area contributed by atoms with Gasteiger partial charge in [-0.1, -0.05) is 40.5 Å². The number of hydrogen-bond donors (Lipinski definition) is 2. The van der Waals surface area contributed by atoms with Crippen molar-refractivity contribution in [3.63, 3.8) is 0 Å². The van der Waals surface area contributed by atoms with Crippen molar-refractivity contribution < 1.29 is 110 Å². The van der Waals surface area contributed by atoms with E-state index in [0.717, 1.165) is 44.8 Å². The van der Waals surface area contributed by atoms with Gasteiger partial charge in [0.25, 0.3) is 0 Å². The molecule has 2 aliphatic rings. The molecule has 2 aromatic rings. The number of carbonyl (C=O) groups is 4. The number of esters is 2. The summed E-state index contributed by atoms with van der Waals surface area (Å²) in [5, 5.41) is 16.9. The molecule has 24 heteroatoms. The summed E-state index contributed by atoms with van der Waals surface area (Å²) in [6.45, 7) is 0. The number of carbonyl (C=O) groups excluding carboxylic acids is 2. The van der Waals surface area contributed by atoms with E-state index >= 15 is 0 Å². The Morgan fingerprint density at radius 1 is 0.690 bits per heavy atom. The van der Waals surface area contributed by atoms with Gasteiger partial charge in [0, 0.05) is 12.4 Å². The maximum atomic E-state index is 12.5. The number of aliphatic carboxylic acids is 1. The number of carboxylic acid groups (broad SMARTS) is 2. The number of hydrogen-bond acceptors (Lipinski definition) is 8. The van der Waals surface area contributed by atoms with Crippen molar-refractivity contribution in [3.05, 3.63) is 59.2 Å². The van der Waals surface area contributed by atoms with Gasteiger partial charge >= 0.3 is 86.2 Å². The van der Waals surface area contributed by atoms with Crippen LogP contribution in [0.25, 0.3) is 0 Å². The zero-order valence-corrected chi connectivity index (χ0v) is 33.3. The Kier molecular flexibility index (Phi) is 26.3. The third-order valence-electron chi connectivity index (χ3n) is 8.00. The van der Waals surface area contributed by atoms with E-state index in [1.807, 2.05) is 0 Å². The quantitative estimate of drug-likeness (QED) is 0.179. The molecule has 4 rings (SSSR count). The van der Waals surface area contributed by atoms with Gasteiger partial charge in [0.2, 0.25) is 0 Å². The van der Waals surface area contributed by atoms with Gasteiger partial charge in [-0.2, -0.15) is 52.7 Å². The number of methoxy groups -OCH3 is 2. The molecule has 0 aromatic carbocycles. The van der Waals surface area contributed by atoms with Crippen LogP contribution in [-0.2, 0) is 31.4 Å². The molecule has 2 fully saturated rings. The van der Waals surface area contributed by atoms with Crippen LogP contribution in [0.4, 0.5) is 52.7 Å². The second kappa shape index (κ2) is 26.8. The number of alkyl halides is 12. The summed E-state index contributed by atoms with van der Waals surface area (Å²) in [6, 6.07) is 3.60. The molecule has 0 bridgehead atoms. The minimum atomic E-state index is -4.68. The third kappa shape index (κ3) is 19.7. The second-order valence-electron chi connectivity index (χ2n) is 11.5. The summed E-state index contributed by atoms with van der Waals surface area (Å²) in [5.74, 6) is -10.2. The number of rotatable bonds is 4. The standard InChI is InChI=1S/C9H13F3O2.C8H6F3NO2.C8H11F3O2.C7H4F3NO2.2CH4.HI2/c1-14-8(13)6-4-2-3-5-7(6)9(10,11)12;1-14-7(13)6-5(8(9,10)11)3-2-4-12-6;9-8(10,11)6-4-2-1-3-5(6)7(12)13;8-7(9,10)4-2-1-3-11-5(4)6(12)13;;;1-2/h6-7H,2-5H2,1H3;2-4H,1H3;5-6H,1-4H2,(H,12,13);1-3H,(H,12,13);2*1H4;1H/q;;;;;;-1/t6-,7+;;5-,6-;;;;/m0.1..../s1/i;;;;;;1D. The summed E-state index contributed by atoms with van der Waals surface area (Å²) in [6.07, 6.45) is -13.1. The Balaban J connectivity index is -0.000000685. The summed E-state index contributed by atoms with van der Waals surface area (Å²) in [4.78, 5) is 49.3. The van der Waals surface area contributed by atoms with Crippen molar-refractivity contribution in [3.8, 4) is 0 Å². The number of aromatic carboxylic acids is 1. The number of pyridine rings is 2. The molecule has 0 aliphatic heterocycles. The van der Waals surface area contributed by atoms with Crippen molar-refractivity contribution in [2.45, 2.75) is 90.9 Å². The summed E-state index contributed by atoms with van der Waals surface area (Å²) < 4.78 is 162. The number of aromatic nitrogens is 2. The predicted molar refractivity (Wildman–Crippen MR) is 188 cm³/mol. The van der Waals surface area contributed by atoms with Gasteiger partial charge < -0.3 is 19.7 Å². The van der Waals surface area contributed by atoms with Crippen molar-refractivity contribution in [1.29, 1.82) is 0.594 Å². The van der Waals surface area contributed by atoms with Crippen molar-refractivity contribution >= 4 is 42.5 Å². The van der Waals surface area contributed by atoms with E-state index < -0.39 is 94.8 Å². The van der Waals surface area contributed by atoms with E-state index in [0.29, 0.717) is 31.7 Å². The fourth-order valence-corrected chi connectivity index (χ4v) is 5.47. The summed E-state index contributed by atoms with van der Waals surface area (Å²) in [7, 11) is 2.13. The molecular weight excluding hydrogens is 1050 g/mol. The van der Waals surface area contributed by atoms with E-state index in [-0.39, 0.29) is 59.0 Å². The average Bonchev–Trinajstić information content (AvgIpc) is 3.14. The molecule has 58 heavy (non-hydrogen) atoms. The number of nitrogens with zero attached hydrogens (tertiary/aromatic N) is 2. The van der Waals surface area contributed by atoms with Crippen LogP contribution in [0.15, 0.2) is 36.7 Å². The van der Waals surface area contributed by atoms with Crippen LogP contribution < -0.4 is 18.4 Å². The zero-order valence-electron chi connectivity index (χ0n) is 30.0. The number of halogens is 14. The van der Waals surface area contributed by atoms with Gasteiger partial charge in [-0.15, -0.1) is 0 Å². The molecular formula is C34H43F12I2N2O8-. The van der Waals surface area contributed by atoms with E-state index in [1.54, 1.807) is 0 Å². The Morgan fingerprint density at radius 3 is 1.36 bits per heavy atom. The maximum absolute atomic E-state index is 12.5. The van der Waals surface area contributed by atoms with Crippen LogP contribution >= 0.6 is 18.6 Å². The predicted octanol–water partition coefficient (Wildman–Crippen LogP) is 7.55. The molecule has 2 aromatic heterocycles. The topological polar surface area (TPSA) is 153 Å². The van der Waals surface area contributed by atoms with Crippen molar-refractivity contribution in [1.82, 2.24) is 9.97 Å². The molecule has 0 radical (unpaired) electrons. The Hall–Kier alpha value is -3.20. The number of ether oxygens (including phenoxy) is 2. The molecule has 336 valence electrons. The number of carboxylic acids is 2. The SMILES string of the molecule is C.C.COC(=O)[C@H]1CCCC[C@H]1C(F)(F)F.COC(=O)c1ncccc1C(F)(F)F.O=C(O)[C@@H]1CCCC[C@H]1C(F)(F)F.O=C(O)c1ncccc1C(F)(F)F.[2H][I-]I. The Morgan fingerprint density at radius 2 is 1.05 bits per heavy atom. The van der Waals surface area contributed by atoms with Gasteiger partial charge in [-0.25, -0.2) is 19.6 Å². The van der Waals surface area contributed by atoms with Gasteiger partial charge in [0.05, 0.1) is 49.0 Å². The molecule has 0 spiro atoms. The minimum absolute atomic E-state index is 0. The molecule has 0 unspecified atom stereocenters. The first-order chi connectivity index (χ1) is 26.2. The van der Waals surface area contributed by atoms with E-state index in [2.05, 4.69) is 38.1 Å². The van der Waals surface area contributed by atoms with Crippen molar-refractivity contribution in [2.75, 3.05) is 14.2 Å². The van der Waals surface area contributed by atoms with Crippen LogP contribution in [0.5, 0.6) is 0 Å². The average molecular weight is 1090 g/mol. The van der Waals surface area contributed by atoms with Gasteiger partial charge in [-0.05, 0) is 49.9 Å². The molecule has 0 saturated heterocycles. The van der Waals surface area contributed by atoms with Crippen LogP contribution in [0.3, 0.4) is 0 Å². The first-order valence-electron chi connectivity index (χ1n) is 16.1. The molecule has 4 atom stereocenters.